The molecule has 1 N–H and O–H groups in total. The standard InChI is InChI=1S/C12H13FO3/c1-16-12(15)10(13)7-8-11(14)9-5-3-2-4-6-9/h2-8,10-11,14H,1H3/b8-7+/t10-,11+/m0/s1. The van der Waals surface area contributed by atoms with E-state index in [1.807, 2.05) is 6.07 Å². The van der Waals surface area contributed by atoms with E-state index < -0.39 is 18.2 Å². The number of hydrogen-bond donors (Lipinski definition) is 1. The van der Waals surface area contributed by atoms with Gasteiger partial charge in [-0.1, -0.05) is 36.4 Å². The molecule has 0 aromatic heterocycles. The van der Waals surface area contributed by atoms with E-state index in [0.29, 0.717) is 5.56 Å². The molecule has 0 saturated carbocycles. The maximum absolute atomic E-state index is 13.0. The number of methoxy groups -OCH3 is 1. The molecule has 0 aliphatic carbocycles. The Morgan fingerprint density at radius 3 is 2.56 bits per heavy atom. The number of aliphatic hydroxyl groups excluding tert-OH is 1. The zero-order valence-electron chi connectivity index (χ0n) is 8.84. The van der Waals surface area contributed by atoms with Crippen LogP contribution in [0.3, 0.4) is 0 Å². The molecule has 0 spiro atoms. The van der Waals surface area contributed by atoms with Crippen molar-refractivity contribution in [2.75, 3.05) is 7.11 Å². The van der Waals surface area contributed by atoms with Gasteiger partial charge in [-0.05, 0) is 11.6 Å². The van der Waals surface area contributed by atoms with Crippen LogP contribution in [0.25, 0.3) is 0 Å². The smallest absolute Gasteiger partial charge is 0.344 e. The third-order valence-corrected chi connectivity index (χ3v) is 2.03. The second-order valence-corrected chi connectivity index (χ2v) is 3.17. The van der Waals surface area contributed by atoms with Gasteiger partial charge >= 0.3 is 5.97 Å². The van der Waals surface area contributed by atoms with Gasteiger partial charge in [-0.3, -0.25) is 0 Å². The first kappa shape index (κ1) is 12.4. The lowest BCUT2D eigenvalue weighted by atomic mass is 10.1. The SMILES string of the molecule is COC(=O)[C@@H](F)/C=C/[C@@H](O)c1ccccc1. The summed E-state index contributed by atoms with van der Waals surface area (Å²) in [6.07, 6.45) is -0.576. The van der Waals surface area contributed by atoms with E-state index in [-0.39, 0.29) is 0 Å². The highest BCUT2D eigenvalue weighted by Crippen LogP contribution is 2.14. The average Bonchev–Trinajstić information content (AvgIpc) is 2.35. The number of carbonyl (C=O) groups is 1. The van der Waals surface area contributed by atoms with Gasteiger partial charge in [-0.15, -0.1) is 0 Å². The van der Waals surface area contributed by atoms with E-state index in [2.05, 4.69) is 4.74 Å². The van der Waals surface area contributed by atoms with E-state index >= 15 is 0 Å². The van der Waals surface area contributed by atoms with Gasteiger partial charge < -0.3 is 9.84 Å². The van der Waals surface area contributed by atoms with Crippen molar-refractivity contribution in [1.29, 1.82) is 0 Å². The van der Waals surface area contributed by atoms with Gasteiger partial charge in [0.05, 0.1) is 13.2 Å². The first-order chi connectivity index (χ1) is 7.65. The van der Waals surface area contributed by atoms with E-state index in [9.17, 15) is 14.3 Å². The zero-order chi connectivity index (χ0) is 12.0. The fourth-order valence-corrected chi connectivity index (χ4v) is 1.16. The maximum atomic E-state index is 13.0. The summed E-state index contributed by atoms with van der Waals surface area (Å²) in [5.74, 6) is -0.975. The Hall–Kier alpha value is -1.68. The molecule has 4 heteroatoms. The Bertz CT molecular complexity index is 362. The highest BCUT2D eigenvalue weighted by molar-refractivity contribution is 5.76. The minimum atomic E-state index is -1.84. The Morgan fingerprint density at radius 1 is 1.38 bits per heavy atom. The normalized spacial score (nSPS) is 14.7. The van der Waals surface area contributed by atoms with Crippen molar-refractivity contribution < 1.29 is 19.0 Å². The van der Waals surface area contributed by atoms with E-state index in [4.69, 9.17) is 0 Å². The third-order valence-electron chi connectivity index (χ3n) is 2.03. The van der Waals surface area contributed by atoms with Crippen LogP contribution >= 0.6 is 0 Å². The molecule has 0 amide bonds. The summed E-state index contributed by atoms with van der Waals surface area (Å²) in [5, 5.41) is 9.62. The molecule has 2 atom stereocenters. The van der Waals surface area contributed by atoms with Gasteiger partial charge in [0.2, 0.25) is 6.17 Å². The molecule has 0 bridgehead atoms. The van der Waals surface area contributed by atoms with Crippen molar-refractivity contribution in [2.24, 2.45) is 0 Å². The molecule has 0 fully saturated rings. The topological polar surface area (TPSA) is 46.5 Å². The fraction of sp³-hybridized carbons (Fsp3) is 0.250. The zero-order valence-corrected chi connectivity index (χ0v) is 8.84. The van der Waals surface area contributed by atoms with Crippen molar-refractivity contribution in [2.45, 2.75) is 12.3 Å². The van der Waals surface area contributed by atoms with Gasteiger partial charge in [0.15, 0.2) is 0 Å². The van der Waals surface area contributed by atoms with Crippen molar-refractivity contribution >= 4 is 5.97 Å². The monoisotopic (exact) mass is 224 g/mol. The maximum Gasteiger partial charge on any atom is 0.344 e. The lowest BCUT2D eigenvalue weighted by molar-refractivity contribution is -0.144. The third kappa shape index (κ3) is 3.47. The summed E-state index contributed by atoms with van der Waals surface area (Å²) in [5.41, 5.74) is 0.635. The molecule has 0 aliphatic heterocycles. The Kier molecular flexibility index (Phi) is 4.66. The molecule has 3 nitrogen and oxygen atoms in total. The lowest BCUT2D eigenvalue weighted by Gasteiger charge is -2.05. The number of ether oxygens (including phenoxy) is 1. The molecule has 0 unspecified atom stereocenters. The summed E-state index contributed by atoms with van der Waals surface area (Å²) >= 11 is 0. The number of carbonyl (C=O) groups excluding carboxylic acids is 1. The highest BCUT2D eigenvalue weighted by atomic mass is 19.1. The number of alkyl halides is 1. The van der Waals surface area contributed by atoms with Gasteiger partial charge in [-0.2, -0.15) is 0 Å². The van der Waals surface area contributed by atoms with Crippen LogP contribution in [0.5, 0.6) is 0 Å². The number of rotatable bonds is 4. The molecule has 1 aromatic rings. The van der Waals surface area contributed by atoms with Gasteiger partial charge in [0, 0.05) is 0 Å². The molecule has 1 aromatic carbocycles. The van der Waals surface area contributed by atoms with Crippen molar-refractivity contribution in [1.82, 2.24) is 0 Å². The van der Waals surface area contributed by atoms with E-state index in [1.54, 1.807) is 24.3 Å². The summed E-state index contributed by atoms with van der Waals surface area (Å²) in [7, 11) is 1.11. The highest BCUT2D eigenvalue weighted by Gasteiger charge is 2.14. The van der Waals surface area contributed by atoms with Crippen molar-refractivity contribution in [3.8, 4) is 0 Å². The van der Waals surface area contributed by atoms with Gasteiger partial charge in [0.1, 0.15) is 0 Å². The molecule has 0 saturated heterocycles. The first-order valence-electron chi connectivity index (χ1n) is 4.78. The predicted molar refractivity (Wildman–Crippen MR) is 57.5 cm³/mol. The van der Waals surface area contributed by atoms with Crippen LogP contribution in [0.4, 0.5) is 4.39 Å². The molecule has 1 rings (SSSR count). The number of benzene rings is 1. The van der Waals surface area contributed by atoms with Gasteiger partial charge in [0.25, 0.3) is 0 Å². The van der Waals surface area contributed by atoms with Crippen LogP contribution in [-0.2, 0) is 9.53 Å². The molecule has 0 heterocycles. The number of aliphatic hydroxyl groups is 1. The molecular weight excluding hydrogens is 211 g/mol. The van der Waals surface area contributed by atoms with Crippen LogP contribution in [0.2, 0.25) is 0 Å². The fourth-order valence-electron chi connectivity index (χ4n) is 1.16. The van der Waals surface area contributed by atoms with Crippen LogP contribution in [0.1, 0.15) is 11.7 Å². The first-order valence-corrected chi connectivity index (χ1v) is 4.78. The van der Waals surface area contributed by atoms with Crippen molar-refractivity contribution in [3.05, 3.63) is 48.0 Å². The number of hydrogen-bond acceptors (Lipinski definition) is 3. The predicted octanol–water partition coefficient (Wildman–Crippen LogP) is 1.79. The second kappa shape index (κ2) is 6.02. The molecule has 0 radical (unpaired) electrons. The van der Waals surface area contributed by atoms with Crippen molar-refractivity contribution in [3.63, 3.8) is 0 Å². The average molecular weight is 224 g/mol. The molecule has 0 aliphatic rings. The van der Waals surface area contributed by atoms with Gasteiger partial charge in [-0.25, -0.2) is 9.18 Å². The Morgan fingerprint density at radius 2 is 2.00 bits per heavy atom. The van der Waals surface area contributed by atoms with E-state index in [0.717, 1.165) is 13.2 Å². The largest absolute Gasteiger partial charge is 0.467 e. The number of halogens is 1. The van der Waals surface area contributed by atoms with Crippen LogP contribution in [-0.4, -0.2) is 24.4 Å². The Labute approximate surface area is 93.2 Å². The summed E-state index contributed by atoms with van der Waals surface area (Å²) < 4.78 is 17.2. The second-order valence-electron chi connectivity index (χ2n) is 3.17. The molecular formula is C12H13FO3. The summed E-state index contributed by atoms with van der Waals surface area (Å²) in [4.78, 5) is 10.7. The van der Waals surface area contributed by atoms with Crippen LogP contribution < -0.4 is 0 Å². The van der Waals surface area contributed by atoms with Crippen LogP contribution in [0, 0.1) is 0 Å². The molecule has 86 valence electrons. The van der Waals surface area contributed by atoms with Crippen LogP contribution in [0.15, 0.2) is 42.5 Å². The minimum absolute atomic E-state index is 0.635. The number of esters is 1. The Balaban J connectivity index is 2.61. The van der Waals surface area contributed by atoms with E-state index in [1.165, 1.54) is 6.08 Å². The summed E-state index contributed by atoms with van der Waals surface area (Å²) in [6.45, 7) is 0. The molecule has 16 heavy (non-hydrogen) atoms. The summed E-state index contributed by atoms with van der Waals surface area (Å²) in [6, 6.07) is 8.76. The minimum Gasteiger partial charge on any atom is -0.467 e. The quantitative estimate of drug-likeness (QED) is 0.626. The lowest BCUT2D eigenvalue weighted by Crippen LogP contribution is -2.14.